The van der Waals surface area contributed by atoms with Crippen molar-refractivity contribution in [3.8, 4) is 11.5 Å². The summed E-state index contributed by atoms with van der Waals surface area (Å²) in [4.78, 5) is 29.1. The molecule has 0 spiro atoms. The third-order valence-corrected chi connectivity index (χ3v) is 2.91. The molecule has 7 heteroatoms. The Bertz CT molecular complexity index is 630. The second-order valence-electron chi connectivity index (χ2n) is 5.84. The van der Waals surface area contributed by atoms with Crippen molar-refractivity contribution in [2.45, 2.75) is 27.7 Å². The van der Waals surface area contributed by atoms with E-state index >= 15 is 0 Å². The standard InChI is InChI=1S/C17H23NO6/c1-7-23-15(19)14(18-22-6)12-10-11(21-5)8-9-13(12)24-16(20)17(2,3)4/h8-10H,7H2,1-6H3/b18-14-. The molecule has 0 bridgehead atoms. The lowest BCUT2D eigenvalue weighted by Crippen LogP contribution is -2.27. The van der Waals surface area contributed by atoms with Crippen molar-refractivity contribution in [3.63, 3.8) is 0 Å². The molecule has 0 aliphatic carbocycles. The second-order valence-corrected chi connectivity index (χ2v) is 5.84. The van der Waals surface area contributed by atoms with Crippen molar-refractivity contribution in [1.29, 1.82) is 0 Å². The van der Waals surface area contributed by atoms with Crippen molar-refractivity contribution < 1.29 is 28.6 Å². The number of hydrogen-bond donors (Lipinski definition) is 0. The molecule has 0 aliphatic rings. The molecule has 0 unspecified atom stereocenters. The number of carbonyl (C=O) groups excluding carboxylic acids is 2. The average Bonchev–Trinajstić information content (AvgIpc) is 2.52. The Balaban J connectivity index is 3.38. The van der Waals surface area contributed by atoms with Gasteiger partial charge in [-0.3, -0.25) is 4.79 Å². The highest BCUT2D eigenvalue weighted by Gasteiger charge is 2.27. The fourth-order valence-electron chi connectivity index (χ4n) is 1.65. The predicted molar refractivity (Wildman–Crippen MR) is 88.3 cm³/mol. The van der Waals surface area contributed by atoms with E-state index in [1.807, 2.05) is 0 Å². The van der Waals surface area contributed by atoms with Crippen LogP contribution in [-0.4, -0.2) is 38.5 Å². The van der Waals surface area contributed by atoms with Crippen LogP contribution in [0.2, 0.25) is 0 Å². The summed E-state index contributed by atoms with van der Waals surface area (Å²) in [5.74, 6) is -0.511. The molecule has 0 aliphatic heterocycles. The zero-order valence-electron chi connectivity index (χ0n) is 14.8. The van der Waals surface area contributed by atoms with Crippen molar-refractivity contribution in [2.75, 3.05) is 20.8 Å². The number of esters is 2. The molecule has 0 saturated carbocycles. The molecule has 0 amide bonds. The Kier molecular flexibility index (Phi) is 6.76. The highest BCUT2D eigenvalue weighted by molar-refractivity contribution is 6.43. The summed E-state index contributed by atoms with van der Waals surface area (Å²) in [7, 11) is 2.79. The van der Waals surface area contributed by atoms with E-state index in [-0.39, 0.29) is 23.6 Å². The van der Waals surface area contributed by atoms with Crippen LogP contribution < -0.4 is 9.47 Å². The maximum atomic E-state index is 12.2. The van der Waals surface area contributed by atoms with Crippen LogP contribution in [0.15, 0.2) is 23.4 Å². The van der Waals surface area contributed by atoms with Gasteiger partial charge in [-0.15, -0.1) is 0 Å². The lowest BCUT2D eigenvalue weighted by Gasteiger charge is -2.18. The first-order valence-electron chi connectivity index (χ1n) is 7.43. The molecule has 1 aromatic rings. The minimum atomic E-state index is -0.709. The highest BCUT2D eigenvalue weighted by Crippen LogP contribution is 2.28. The second kappa shape index (κ2) is 8.33. The average molecular weight is 337 g/mol. The third-order valence-electron chi connectivity index (χ3n) is 2.91. The van der Waals surface area contributed by atoms with Gasteiger partial charge in [0.15, 0.2) is 5.71 Å². The van der Waals surface area contributed by atoms with Crippen LogP contribution in [0.4, 0.5) is 0 Å². The minimum Gasteiger partial charge on any atom is -0.497 e. The van der Waals surface area contributed by atoms with Gasteiger partial charge >= 0.3 is 11.9 Å². The molecule has 0 aromatic heterocycles. The van der Waals surface area contributed by atoms with E-state index in [0.29, 0.717) is 5.75 Å². The molecule has 0 atom stereocenters. The van der Waals surface area contributed by atoms with Gasteiger partial charge in [0.05, 0.1) is 24.7 Å². The third kappa shape index (κ3) is 4.97. The number of nitrogens with zero attached hydrogens (tertiary/aromatic N) is 1. The Morgan fingerprint density at radius 2 is 1.83 bits per heavy atom. The number of methoxy groups -OCH3 is 1. The topological polar surface area (TPSA) is 83.4 Å². The van der Waals surface area contributed by atoms with Crippen LogP contribution in [0.5, 0.6) is 11.5 Å². The number of oxime groups is 1. The van der Waals surface area contributed by atoms with Crippen molar-refractivity contribution in [3.05, 3.63) is 23.8 Å². The molecule has 0 saturated heterocycles. The molecule has 0 fully saturated rings. The van der Waals surface area contributed by atoms with Crippen LogP contribution >= 0.6 is 0 Å². The van der Waals surface area contributed by atoms with Gasteiger partial charge in [-0.2, -0.15) is 0 Å². The Morgan fingerprint density at radius 3 is 2.33 bits per heavy atom. The molecular weight excluding hydrogens is 314 g/mol. The first-order valence-corrected chi connectivity index (χ1v) is 7.43. The van der Waals surface area contributed by atoms with E-state index in [4.69, 9.17) is 19.0 Å². The Labute approximate surface area is 141 Å². The van der Waals surface area contributed by atoms with Crippen molar-refractivity contribution >= 4 is 17.7 Å². The number of ether oxygens (including phenoxy) is 3. The fourth-order valence-corrected chi connectivity index (χ4v) is 1.65. The predicted octanol–water partition coefficient (Wildman–Crippen LogP) is 2.56. The van der Waals surface area contributed by atoms with Crippen LogP contribution in [0.3, 0.4) is 0 Å². The molecule has 0 N–H and O–H groups in total. The summed E-state index contributed by atoms with van der Waals surface area (Å²) < 4.78 is 15.6. The molecule has 24 heavy (non-hydrogen) atoms. The molecule has 1 rings (SSSR count). The van der Waals surface area contributed by atoms with E-state index in [2.05, 4.69) is 5.16 Å². The first kappa shape index (κ1) is 19.5. The summed E-state index contributed by atoms with van der Waals surface area (Å²) in [5.41, 5.74) is -0.582. The van der Waals surface area contributed by atoms with Gasteiger partial charge in [0.2, 0.25) is 0 Å². The van der Waals surface area contributed by atoms with Crippen LogP contribution in [-0.2, 0) is 19.2 Å². The smallest absolute Gasteiger partial charge is 0.361 e. The van der Waals surface area contributed by atoms with E-state index in [0.717, 1.165) is 0 Å². The van der Waals surface area contributed by atoms with E-state index in [1.54, 1.807) is 33.8 Å². The Hall–Kier alpha value is -2.57. The van der Waals surface area contributed by atoms with Gasteiger partial charge in [0.1, 0.15) is 18.6 Å². The minimum absolute atomic E-state index is 0.116. The van der Waals surface area contributed by atoms with Crippen LogP contribution in [0, 0.1) is 5.41 Å². The lowest BCUT2D eigenvalue weighted by molar-refractivity contribution is -0.143. The van der Waals surface area contributed by atoms with Gasteiger partial charge in [-0.25, -0.2) is 4.79 Å². The summed E-state index contributed by atoms with van der Waals surface area (Å²) in [5, 5.41) is 3.71. The maximum Gasteiger partial charge on any atom is 0.361 e. The van der Waals surface area contributed by atoms with E-state index in [1.165, 1.54) is 26.4 Å². The highest BCUT2D eigenvalue weighted by atomic mass is 16.6. The fraction of sp³-hybridized carbons (Fsp3) is 0.471. The normalized spacial score (nSPS) is 11.7. The molecular formula is C17H23NO6. The Morgan fingerprint density at radius 1 is 1.17 bits per heavy atom. The lowest BCUT2D eigenvalue weighted by atomic mass is 9.97. The molecule has 1 aromatic carbocycles. The first-order chi connectivity index (χ1) is 11.2. The summed E-state index contributed by atoms with van der Waals surface area (Å²) in [6.07, 6.45) is 0. The quantitative estimate of drug-likeness (QED) is 0.343. The van der Waals surface area contributed by atoms with E-state index in [9.17, 15) is 9.59 Å². The molecule has 7 nitrogen and oxygen atoms in total. The maximum absolute atomic E-state index is 12.2. The van der Waals surface area contributed by atoms with Crippen LogP contribution in [0.25, 0.3) is 0 Å². The molecule has 0 radical (unpaired) electrons. The van der Waals surface area contributed by atoms with Gasteiger partial charge in [-0.1, -0.05) is 5.16 Å². The summed E-state index contributed by atoms with van der Waals surface area (Å²) in [6.45, 7) is 7.03. The van der Waals surface area contributed by atoms with Crippen LogP contribution in [0.1, 0.15) is 33.3 Å². The van der Waals surface area contributed by atoms with Gasteiger partial charge in [-0.05, 0) is 45.9 Å². The van der Waals surface area contributed by atoms with Crippen molar-refractivity contribution in [1.82, 2.24) is 0 Å². The number of rotatable bonds is 6. The monoisotopic (exact) mass is 337 g/mol. The number of benzene rings is 1. The van der Waals surface area contributed by atoms with E-state index < -0.39 is 17.4 Å². The van der Waals surface area contributed by atoms with Crippen molar-refractivity contribution in [2.24, 2.45) is 10.6 Å². The zero-order chi connectivity index (χ0) is 18.3. The largest absolute Gasteiger partial charge is 0.497 e. The van der Waals surface area contributed by atoms with Gasteiger partial charge in [0.25, 0.3) is 0 Å². The summed E-state index contributed by atoms with van der Waals surface area (Å²) in [6, 6.07) is 4.67. The molecule has 0 heterocycles. The zero-order valence-corrected chi connectivity index (χ0v) is 14.8. The molecule has 132 valence electrons. The van der Waals surface area contributed by atoms with Gasteiger partial charge in [0, 0.05) is 0 Å². The summed E-state index contributed by atoms with van der Waals surface area (Å²) >= 11 is 0. The van der Waals surface area contributed by atoms with Gasteiger partial charge < -0.3 is 19.0 Å². The number of hydrogen-bond acceptors (Lipinski definition) is 7. The SMILES string of the molecule is CCOC(=O)/C(=N\OC)c1cc(OC)ccc1OC(=O)C(C)(C)C. The number of carbonyl (C=O) groups is 2.